The van der Waals surface area contributed by atoms with Crippen LogP contribution in [0, 0.1) is 24.0 Å². The summed E-state index contributed by atoms with van der Waals surface area (Å²) in [5, 5.41) is 0. The van der Waals surface area contributed by atoms with Gasteiger partial charge >= 0.3 is 11.7 Å². The molecule has 0 aromatic rings. The highest BCUT2D eigenvalue weighted by molar-refractivity contribution is 5.24. The van der Waals surface area contributed by atoms with E-state index < -0.39 is 0 Å². The van der Waals surface area contributed by atoms with Crippen molar-refractivity contribution in [1.82, 2.24) is 0 Å². The van der Waals surface area contributed by atoms with Gasteiger partial charge < -0.3 is 0 Å². The van der Waals surface area contributed by atoms with Crippen molar-refractivity contribution in [2.24, 2.45) is 10.8 Å². The fourth-order valence-corrected chi connectivity index (χ4v) is 1.15. The molecule has 0 fully saturated rings. The third kappa shape index (κ3) is 4.17. The zero-order chi connectivity index (χ0) is 12.3. The predicted molar refractivity (Wildman–Crippen MR) is 67.4 cm³/mol. The first-order valence-electron chi connectivity index (χ1n) is 5.16. The largest absolute Gasteiger partial charge is 0.325 e. The monoisotopic (exact) mass is 206 g/mol. The summed E-state index contributed by atoms with van der Waals surface area (Å²) < 4.78 is 0. The maximum Gasteiger partial charge on any atom is 0.325 e. The summed E-state index contributed by atoms with van der Waals surface area (Å²) in [4.78, 5) is 7.67. The lowest BCUT2D eigenvalue weighted by Gasteiger charge is -2.15. The molecular weight excluding hydrogens is 184 g/mol. The second-order valence-corrected chi connectivity index (χ2v) is 5.89. The molecule has 0 saturated carbocycles. The molecule has 0 aliphatic carbocycles. The van der Waals surface area contributed by atoms with Crippen molar-refractivity contribution in [3.05, 3.63) is 21.5 Å². The normalized spacial score (nSPS) is 15.3. The first-order valence-corrected chi connectivity index (χ1v) is 5.16. The van der Waals surface area contributed by atoms with E-state index in [9.17, 15) is 0 Å². The van der Waals surface area contributed by atoms with E-state index in [0.717, 1.165) is 5.70 Å². The van der Waals surface area contributed by atoms with Gasteiger partial charge in [-0.25, -0.2) is 0 Å². The van der Waals surface area contributed by atoms with Crippen LogP contribution in [0.25, 0.3) is 9.69 Å². The molecule has 82 valence electrons. The van der Waals surface area contributed by atoms with E-state index in [-0.39, 0.29) is 16.9 Å². The van der Waals surface area contributed by atoms with Gasteiger partial charge in [-0.05, 0) is 25.6 Å². The maximum atomic E-state index is 5.40. The van der Waals surface area contributed by atoms with Gasteiger partial charge in [-0.15, -0.1) is 0 Å². The zero-order valence-corrected chi connectivity index (χ0v) is 10.7. The number of nitrogens with zero attached hydrogens (tertiary/aromatic N) is 2. The lowest BCUT2D eigenvalue weighted by molar-refractivity contribution is 0.394. The Morgan fingerprint density at radius 1 is 1.07 bits per heavy atom. The van der Waals surface area contributed by atoms with Gasteiger partial charge in [-0.1, -0.05) is 25.6 Å². The van der Waals surface area contributed by atoms with Crippen molar-refractivity contribution < 1.29 is 0 Å². The van der Waals surface area contributed by atoms with Gasteiger partial charge in [0.2, 0.25) is 0 Å². The van der Waals surface area contributed by atoms with Crippen LogP contribution in [-0.4, -0.2) is 6.04 Å². The molecule has 0 N–H and O–H groups in total. The summed E-state index contributed by atoms with van der Waals surface area (Å²) >= 11 is 0. The van der Waals surface area contributed by atoms with Crippen molar-refractivity contribution in [1.29, 1.82) is 0 Å². The maximum absolute atomic E-state index is 5.40. The molecular formula is C13H22N2+2. The van der Waals surface area contributed by atoms with Crippen LogP contribution in [0.3, 0.4) is 0 Å². The van der Waals surface area contributed by atoms with Crippen LogP contribution in [0.4, 0.5) is 0 Å². The summed E-state index contributed by atoms with van der Waals surface area (Å²) in [7, 11) is 0. The smallest absolute Gasteiger partial charge is 0.0782 e. The Labute approximate surface area is 93.6 Å². The lowest BCUT2D eigenvalue weighted by Crippen LogP contribution is -2.22. The van der Waals surface area contributed by atoms with Crippen molar-refractivity contribution in [2.45, 2.75) is 47.6 Å². The van der Waals surface area contributed by atoms with E-state index in [1.807, 2.05) is 6.08 Å². The summed E-state index contributed by atoms with van der Waals surface area (Å²) in [5.41, 5.74) is 0.732. The molecule has 0 amide bonds. The Kier molecular flexibility index (Phi) is 4.11. The fourth-order valence-electron chi connectivity index (χ4n) is 1.15. The van der Waals surface area contributed by atoms with Gasteiger partial charge in [-0.3, -0.25) is 0 Å². The first kappa shape index (κ1) is 13.7. The molecule has 0 aliphatic rings. The molecule has 2 nitrogen and oxygen atoms in total. The van der Waals surface area contributed by atoms with Gasteiger partial charge in [-0.2, -0.15) is 0 Å². The van der Waals surface area contributed by atoms with E-state index >= 15 is 0 Å². The van der Waals surface area contributed by atoms with Crippen LogP contribution in [0.2, 0.25) is 0 Å². The molecule has 1 unspecified atom stereocenters. The number of hydrogen-bond acceptors (Lipinski definition) is 0. The van der Waals surface area contributed by atoms with Gasteiger partial charge in [0.15, 0.2) is 0 Å². The Bertz CT molecular complexity index is 324. The highest BCUT2D eigenvalue weighted by atomic mass is 14.8. The van der Waals surface area contributed by atoms with Crippen LogP contribution in [0.1, 0.15) is 41.5 Å². The lowest BCUT2D eigenvalue weighted by atomic mass is 9.83. The van der Waals surface area contributed by atoms with E-state index in [0.29, 0.717) is 0 Å². The Morgan fingerprint density at radius 2 is 1.53 bits per heavy atom. The quantitative estimate of drug-likeness (QED) is 0.606. The molecule has 15 heavy (non-hydrogen) atoms. The Morgan fingerprint density at radius 3 is 1.73 bits per heavy atom. The van der Waals surface area contributed by atoms with E-state index in [4.69, 9.17) is 13.1 Å². The van der Waals surface area contributed by atoms with Crippen LogP contribution in [-0.2, 0) is 0 Å². The van der Waals surface area contributed by atoms with Gasteiger partial charge in [0.05, 0.1) is 11.5 Å². The van der Waals surface area contributed by atoms with Crippen LogP contribution < -0.4 is 0 Å². The highest BCUT2D eigenvalue weighted by Crippen LogP contribution is 2.31. The summed E-state index contributed by atoms with van der Waals surface area (Å²) in [5.74, 6) is 0. The van der Waals surface area contributed by atoms with Crippen LogP contribution >= 0.6 is 0 Å². The molecule has 0 aromatic carbocycles. The van der Waals surface area contributed by atoms with Crippen molar-refractivity contribution >= 4 is 0 Å². The minimum Gasteiger partial charge on any atom is -0.0782 e. The molecule has 0 rings (SSSR count). The van der Waals surface area contributed by atoms with E-state index in [1.165, 1.54) is 0 Å². The molecule has 0 heterocycles. The van der Waals surface area contributed by atoms with Crippen molar-refractivity contribution in [3.8, 4) is 13.1 Å². The molecule has 0 bridgehead atoms. The minimum atomic E-state index is -0.0804. The summed E-state index contributed by atoms with van der Waals surface area (Å²) in [6, 6.07) is -0.0703. The van der Waals surface area contributed by atoms with Gasteiger partial charge in [0, 0.05) is 5.41 Å². The molecule has 0 aromatic heterocycles. The third-order valence-corrected chi connectivity index (χ3v) is 2.27. The zero-order valence-electron chi connectivity index (χ0n) is 10.7. The van der Waals surface area contributed by atoms with E-state index in [2.05, 4.69) is 51.2 Å². The molecule has 0 saturated heterocycles. The molecule has 1 atom stereocenters. The third-order valence-electron chi connectivity index (χ3n) is 2.27. The highest BCUT2D eigenvalue weighted by Gasteiger charge is 2.37. The van der Waals surface area contributed by atoms with E-state index in [1.54, 1.807) is 0 Å². The molecule has 0 spiro atoms. The number of allylic oxidation sites excluding steroid dienone is 1. The van der Waals surface area contributed by atoms with Crippen molar-refractivity contribution in [3.63, 3.8) is 0 Å². The molecule has 0 aliphatic heterocycles. The Hall–Kier alpha value is -1.28. The second kappa shape index (κ2) is 4.49. The fraction of sp³-hybridized carbons (Fsp3) is 0.692. The van der Waals surface area contributed by atoms with Gasteiger partial charge in [0.1, 0.15) is 0 Å². The van der Waals surface area contributed by atoms with Crippen molar-refractivity contribution in [2.75, 3.05) is 0 Å². The number of rotatable bonds is 1. The first-order chi connectivity index (χ1) is 6.62. The topological polar surface area (TPSA) is 8.72 Å². The second-order valence-electron chi connectivity index (χ2n) is 5.89. The predicted octanol–water partition coefficient (Wildman–Crippen LogP) is 4.26. The molecule has 2 heteroatoms. The number of hydrogen-bond donors (Lipinski definition) is 0. The minimum absolute atomic E-state index is 0.0179. The SMILES string of the molecule is C#[N+]/C(=C\C([N+]#C)C(C)(C)C)C(C)(C)C. The Balaban J connectivity index is 5.20. The average Bonchev–Trinajstić information content (AvgIpc) is 2.01. The summed E-state index contributed by atoms with van der Waals surface area (Å²) in [6.45, 7) is 23.2. The average molecular weight is 206 g/mol. The molecule has 0 radical (unpaired) electrons. The van der Waals surface area contributed by atoms with Gasteiger partial charge in [0.25, 0.3) is 13.1 Å². The van der Waals surface area contributed by atoms with Crippen LogP contribution in [0.5, 0.6) is 0 Å². The van der Waals surface area contributed by atoms with Crippen LogP contribution in [0.15, 0.2) is 11.8 Å². The summed E-state index contributed by atoms with van der Waals surface area (Å²) in [6.07, 6.45) is 1.94. The standard InChI is InChI=1S/C13H22N2/c1-12(2,3)10(14-7)9-11(15-8)13(4,5)6/h7-10H,1-6H3/q+2/b11-9-.